The SMILES string of the molecule is COC(=O)NCCNC(=O)CC12CC3CC(CC(C3)C1)C2. The minimum Gasteiger partial charge on any atom is -0.453 e. The number of hydrogen-bond donors (Lipinski definition) is 2. The Morgan fingerprint density at radius 3 is 2.05 bits per heavy atom. The number of hydrogen-bond acceptors (Lipinski definition) is 3. The maximum atomic E-state index is 12.2. The van der Waals surface area contributed by atoms with Gasteiger partial charge in [0.2, 0.25) is 5.91 Å². The van der Waals surface area contributed by atoms with Crippen LogP contribution in [0.3, 0.4) is 0 Å². The molecule has 4 saturated carbocycles. The first kappa shape index (κ1) is 14.7. The van der Waals surface area contributed by atoms with Gasteiger partial charge in [0.25, 0.3) is 0 Å². The van der Waals surface area contributed by atoms with Crippen LogP contribution in [0.1, 0.15) is 44.9 Å². The molecule has 2 N–H and O–H groups in total. The van der Waals surface area contributed by atoms with E-state index in [-0.39, 0.29) is 11.3 Å². The van der Waals surface area contributed by atoms with Crippen LogP contribution < -0.4 is 10.6 Å². The predicted molar refractivity (Wildman–Crippen MR) is 78.6 cm³/mol. The summed E-state index contributed by atoms with van der Waals surface area (Å²) in [4.78, 5) is 23.1. The van der Waals surface area contributed by atoms with E-state index in [9.17, 15) is 9.59 Å². The van der Waals surface area contributed by atoms with Crippen molar-refractivity contribution in [3.8, 4) is 0 Å². The topological polar surface area (TPSA) is 67.4 Å². The molecule has 0 aromatic heterocycles. The average Bonchev–Trinajstić information content (AvgIpc) is 2.41. The number of ether oxygens (including phenoxy) is 1. The van der Waals surface area contributed by atoms with Gasteiger partial charge in [-0.25, -0.2) is 4.79 Å². The number of carbonyl (C=O) groups is 2. The number of nitrogens with one attached hydrogen (secondary N) is 2. The van der Waals surface area contributed by atoms with Crippen LogP contribution in [0.25, 0.3) is 0 Å². The Labute approximate surface area is 126 Å². The lowest BCUT2D eigenvalue weighted by Gasteiger charge is -2.56. The number of methoxy groups -OCH3 is 1. The molecule has 0 atom stereocenters. The van der Waals surface area contributed by atoms with Crippen molar-refractivity contribution in [3.63, 3.8) is 0 Å². The van der Waals surface area contributed by atoms with Crippen LogP contribution in [0.5, 0.6) is 0 Å². The Balaban J connectivity index is 1.43. The zero-order valence-electron chi connectivity index (χ0n) is 12.8. The average molecular weight is 294 g/mol. The fourth-order valence-corrected chi connectivity index (χ4v) is 5.35. The summed E-state index contributed by atoms with van der Waals surface area (Å²) in [6.45, 7) is 0.888. The maximum Gasteiger partial charge on any atom is 0.406 e. The normalized spacial score (nSPS) is 36.3. The van der Waals surface area contributed by atoms with Gasteiger partial charge < -0.3 is 15.4 Å². The number of rotatable bonds is 5. The highest BCUT2D eigenvalue weighted by Crippen LogP contribution is 2.61. The van der Waals surface area contributed by atoms with Crippen LogP contribution in [0.2, 0.25) is 0 Å². The van der Waals surface area contributed by atoms with Crippen molar-refractivity contribution >= 4 is 12.0 Å². The monoisotopic (exact) mass is 294 g/mol. The minimum atomic E-state index is -0.453. The van der Waals surface area contributed by atoms with Crippen molar-refractivity contribution in [2.45, 2.75) is 44.9 Å². The molecular weight excluding hydrogens is 268 g/mol. The molecule has 4 aliphatic carbocycles. The third kappa shape index (κ3) is 3.33. The van der Waals surface area contributed by atoms with Crippen molar-refractivity contribution in [1.29, 1.82) is 0 Å². The van der Waals surface area contributed by atoms with Crippen molar-refractivity contribution in [1.82, 2.24) is 10.6 Å². The van der Waals surface area contributed by atoms with Crippen LogP contribution >= 0.6 is 0 Å². The number of alkyl carbamates (subject to hydrolysis) is 1. The summed E-state index contributed by atoms with van der Waals surface area (Å²) in [5.41, 5.74) is 0.286. The van der Waals surface area contributed by atoms with Crippen molar-refractivity contribution in [2.75, 3.05) is 20.2 Å². The lowest BCUT2D eigenvalue weighted by molar-refractivity contribution is -0.129. The molecule has 0 aromatic rings. The van der Waals surface area contributed by atoms with Gasteiger partial charge in [0.1, 0.15) is 0 Å². The Morgan fingerprint density at radius 2 is 1.52 bits per heavy atom. The van der Waals surface area contributed by atoms with Gasteiger partial charge in [0, 0.05) is 19.5 Å². The zero-order chi connectivity index (χ0) is 14.9. The molecule has 0 spiro atoms. The fraction of sp³-hybridized carbons (Fsp3) is 0.875. The van der Waals surface area contributed by atoms with E-state index >= 15 is 0 Å². The fourth-order valence-electron chi connectivity index (χ4n) is 5.35. The van der Waals surface area contributed by atoms with Gasteiger partial charge in [-0.3, -0.25) is 4.79 Å². The first-order chi connectivity index (χ1) is 10.1. The Morgan fingerprint density at radius 1 is 1.00 bits per heavy atom. The third-order valence-electron chi connectivity index (χ3n) is 5.60. The zero-order valence-corrected chi connectivity index (χ0v) is 12.8. The minimum absolute atomic E-state index is 0.142. The highest BCUT2D eigenvalue weighted by atomic mass is 16.5. The van der Waals surface area contributed by atoms with Crippen molar-refractivity contribution in [3.05, 3.63) is 0 Å². The van der Waals surface area contributed by atoms with E-state index in [0.717, 1.165) is 17.8 Å². The molecule has 0 heterocycles. The van der Waals surface area contributed by atoms with Crippen LogP contribution in [0.15, 0.2) is 0 Å². The van der Waals surface area contributed by atoms with Crippen LogP contribution in [-0.2, 0) is 9.53 Å². The predicted octanol–water partition coefficient (Wildman–Crippen LogP) is 2.07. The second-order valence-electron chi connectivity index (χ2n) is 7.36. The lowest BCUT2D eigenvalue weighted by Crippen LogP contribution is -2.48. The van der Waals surface area contributed by atoms with Gasteiger partial charge >= 0.3 is 6.09 Å². The van der Waals surface area contributed by atoms with E-state index in [1.165, 1.54) is 45.6 Å². The second-order valence-corrected chi connectivity index (χ2v) is 7.36. The maximum absolute atomic E-state index is 12.2. The first-order valence-electron chi connectivity index (χ1n) is 8.17. The summed E-state index contributed by atoms with van der Waals surface area (Å²) >= 11 is 0. The molecule has 118 valence electrons. The Hall–Kier alpha value is -1.26. The first-order valence-corrected chi connectivity index (χ1v) is 8.17. The van der Waals surface area contributed by atoms with Gasteiger partial charge in [0.05, 0.1) is 7.11 Å². The summed E-state index contributed by atoms with van der Waals surface area (Å²) in [7, 11) is 1.33. The third-order valence-corrected chi connectivity index (χ3v) is 5.60. The van der Waals surface area contributed by atoms with E-state index in [0.29, 0.717) is 19.5 Å². The molecule has 0 unspecified atom stereocenters. The molecule has 4 rings (SSSR count). The quantitative estimate of drug-likeness (QED) is 0.763. The Bertz CT molecular complexity index is 386. The highest BCUT2D eigenvalue weighted by Gasteiger charge is 2.51. The van der Waals surface area contributed by atoms with Gasteiger partial charge in [-0.1, -0.05) is 0 Å². The van der Waals surface area contributed by atoms with Crippen LogP contribution in [0, 0.1) is 23.2 Å². The standard InChI is InChI=1S/C16H26N2O3/c1-21-15(20)18-3-2-17-14(19)10-16-7-11-4-12(8-16)6-13(5-11)9-16/h11-13H,2-10H2,1H3,(H,17,19)(H,18,20). The summed E-state index contributed by atoms with van der Waals surface area (Å²) < 4.78 is 4.49. The molecule has 5 nitrogen and oxygen atoms in total. The molecule has 4 fully saturated rings. The van der Waals surface area contributed by atoms with Crippen molar-refractivity contribution in [2.24, 2.45) is 23.2 Å². The molecule has 5 heteroatoms. The van der Waals surface area contributed by atoms with Crippen LogP contribution in [0.4, 0.5) is 4.79 Å². The summed E-state index contributed by atoms with van der Waals surface area (Å²) in [6, 6.07) is 0. The summed E-state index contributed by atoms with van der Waals surface area (Å²) in [6.07, 6.45) is 8.21. The number of carbonyl (C=O) groups excluding carboxylic acids is 2. The van der Waals surface area contributed by atoms with E-state index in [1.54, 1.807) is 0 Å². The molecule has 4 aliphatic rings. The molecule has 2 amide bonds. The molecule has 0 aliphatic heterocycles. The van der Waals surface area contributed by atoms with Gasteiger partial charge in [-0.2, -0.15) is 0 Å². The molecule has 0 saturated heterocycles. The van der Waals surface area contributed by atoms with Crippen LogP contribution in [-0.4, -0.2) is 32.2 Å². The van der Waals surface area contributed by atoms with E-state index < -0.39 is 6.09 Å². The Kier molecular flexibility index (Phi) is 4.09. The molecule has 4 bridgehead atoms. The molecule has 0 radical (unpaired) electrons. The van der Waals surface area contributed by atoms with Crippen molar-refractivity contribution < 1.29 is 14.3 Å². The van der Waals surface area contributed by atoms with Gasteiger partial charge in [0.15, 0.2) is 0 Å². The smallest absolute Gasteiger partial charge is 0.406 e. The van der Waals surface area contributed by atoms with E-state index in [2.05, 4.69) is 15.4 Å². The van der Waals surface area contributed by atoms with E-state index in [4.69, 9.17) is 0 Å². The summed E-state index contributed by atoms with van der Waals surface area (Å²) in [5.74, 6) is 2.78. The van der Waals surface area contributed by atoms with Gasteiger partial charge in [-0.05, 0) is 61.7 Å². The summed E-state index contributed by atoms with van der Waals surface area (Å²) in [5, 5.41) is 5.50. The second kappa shape index (κ2) is 5.85. The molecule has 21 heavy (non-hydrogen) atoms. The van der Waals surface area contributed by atoms with Gasteiger partial charge in [-0.15, -0.1) is 0 Å². The number of amides is 2. The van der Waals surface area contributed by atoms with E-state index in [1.807, 2.05) is 0 Å². The molecule has 0 aromatic carbocycles. The molecular formula is C16H26N2O3. The highest BCUT2D eigenvalue weighted by molar-refractivity contribution is 5.76. The lowest BCUT2D eigenvalue weighted by atomic mass is 9.49. The largest absolute Gasteiger partial charge is 0.453 e.